The van der Waals surface area contributed by atoms with Gasteiger partial charge in [-0.25, -0.2) is 4.79 Å². The van der Waals surface area contributed by atoms with Gasteiger partial charge in [-0.3, -0.25) is 9.36 Å². The van der Waals surface area contributed by atoms with Gasteiger partial charge in [-0.2, -0.15) is 4.98 Å². The molecule has 0 aromatic carbocycles. The van der Waals surface area contributed by atoms with E-state index in [1.165, 1.54) is 0 Å². The number of carbonyl (C=O) groups is 1. The standard InChI is InChI=1S/C15H22N2O3/c1-10-12(6-7-13(18)19)11(2)17(14(20)16-10)15(3)8-4-5-9-15/h4-9H2,1-3H3,(H,18,19). The Morgan fingerprint density at radius 2 is 1.95 bits per heavy atom. The number of aromatic nitrogens is 2. The van der Waals surface area contributed by atoms with Crippen molar-refractivity contribution in [2.24, 2.45) is 0 Å². The number of aliphatic carboxylic acids is 1. The molecule has 0 aliphatic heterocycles. The highest BCUT2D eigenvalue weighted by Gasteiger charge is 2.33. The Hall–Kier alpha value is -1.65. The Morgan fingerprint density at radius 1 is 1.35 bits per heavy atom. The highest BCUT2D eigenvalue weighted by molar-refractivity contribution is 5.67. The fourth-order valence-electron chi connectivity index (χ4n) is 3.39. The molecule has 0 saturated heterocycles. The monoisotopic (exact) mass is 278 g/mol. The van der Waals surface area contributed by atoms with E-state index in [4.69, 9.17) is 5.11 Å². The number of nitrogens with zero attached hydrogens (tertiary/aromatic N) is 2. The lowest BCUT2D eigenvalue weighted by atomic mass is 9.97. The molecule has 1 aromatic rings. The van der Waals surface area contributed by atoms with Gasteiger partial charge in [0.05, 0.1) is 0 Å². The van der Waals surface area contributed by atoms with Crippen LogP contribution in [0.25, 0.3) is 0 Å². The lowest BCUT2D eigenvalue weighted by Gasteiger charge is -2.30. The molecule has 1 aliphatic rings. The van der Waals surface area contributed by atoms with Crippen molar-refractivity contribution in [2.75, 3.05) is 0 Å². The highest BCUT2D eigenvalue weighted by Crippen LogP contribution is 2.36. The predicted octanol–water partition coefficient (Wildman–Crippen LogP) is 2.17. The molecule has 0 unspecified atom stereocenters. The summed E-state index contributed by atoms with van der Waals surface area (Å²) in [5.74, 6) is -0.825. The van der Waals surface area contributed by atoms with Gasteiger partial charge in [-0.05, 0) is 45.6 Å². The molecule has 2 rings (SSSR count). The summed E-state index contributed by atoms with van der Waals surface area (Å²) in [6.07, 6.45) is 4.71. The maximum Gasteiger partial charge on any atom is 0.348 e. The van der Waals surface area contributed by atoms with E-state index in [-0.39, 0.29) is 17.6 Å². The first-order valence-electron chi connectivity index (χ1n) is 7.16. The minimum Gasteiger partial charge on any atom is -0.481 e. The van der Waals surface area contributed by atoms with E-state index < -0.39 is 5.97 Å². The van der Waals surface area contributed by atoms with Crippen LogP contribution < -0.4 is 5.69 Å². The third kappa shape index (κ3) is 2.62. The largest absolute Gasteiger partial charge is 0.481 e. The maximum atomic E-state index is 12.3. The summed E-state index contributed by atoms with van der Waals surface area (Å²) in [7, 11) is 0. The molecule has 1 aliphatic carbocycles. The van der Waals surface area contributed by atoms with Crippen LogP contribution in [0.1, 0.15) is 56.0 Å². The topological polar surface area (TPSA) is 72.2 Å². The summed E-state index contributed by atoms with van der Waals surface area (Å²) >= 11 is 0. The van der Waals surface area contributed by atoms with Crippen LogP contribution in [0.3, 0.4) is 0 Å². The van der Waals surface area contributed by atoms with Crippen molar-refractivity contribution < 1.29 is 9.90 Å². The fourth-order valence-corrected chi connectivity index (χ4v) is 3.39. The average molecular weight is 278 g/mol. The van der Waals surface area contributed by atoms with Crippen molar-refractivity contribution in [1.82, 2.24) is 9.55 Å². The van der Waals surface area contributed by atoms with Gasteiger partial charge in [0, 0.05) is 23.3 Å². The number of aryl methyl sites for hydroxylation is 1. The molecule has 0 atom stereocenters. The quantitative estimate of drug-likeness (QED) is 0.916. The first-order valence-corrected chi connectivity index (χ1v) is 7.16. The van der Waals surface area contributed by atoms with Gasteiger partial charge in [0.15, 0.2) is 0 Å². The predicted molar refractivity (Wildman–Crippen MR) is 76.0 cm³/mol. The molecular weight excluding hydrogens is 256 g/mol. The van der Waals surface area contributed by atoms with E-state index in [1.54, 1.807) is 11.5 Å². The minimum absolute atomic E-state index is 0.0677. The van der Waals surface area contributed by atoms with Crippen LogP contribution in [-0.4, -0.2) is 20.6 Å². The van der Waals surface area contributed by atoms with Crippen molar-refractivity contribution in [2.45, 2.75) is 64.8 Å². The number of hydrogen-bond acceptors (Lipinski definition) is 3. The summed E-state index contributed by atoms with van der Waals surface area (Å²) in [6.45, 7) is 5.80. The van der Waals surface area contributed by atoms with Gasteiger partial charge < -0.3 is 5.11 Å². The number of rotatable bonds is 4. The molecule has 0 radical (unpaired) electrons. The summed E-state index contributed by atoms with van der Waals surface area (Å²) < 4.78 is 1.80. The average Bonchev–Trinajstić information content (AvgIpc) is 2.75. The zero-order valence-electron chi connectivity index (χ0n) is 12.4. The molecule has 0 amide bonds. The summed E-state index contributed by atoms with van der Waals surface area (Å²) in [6, 6.07) is 0. The van der Waals surface area contributed by atoms with Crippen molar-refractivity contribution >= 4 is 5.97 Å². The van der Waals surface area contributed by atoms with E-state index in [9.17, 15) is 9.59 Å². The molecule has 1 fully saturated rings. The van der Waals surface area contributed by atoms with Gasteiger partial charge in [0.1, 0.15) is 0 Å². The Bertz CT molecular complexity index is 584. The van der Waals surface area contributed by atoms with Gasteiger partial charge in [0.25, 0.3) is 0 Å². The molecular formula is C15H22N2O3. The van der Waals surface area contributed by atoms with Crippen LogP contribution in [-0.2, 0) is 16.8 Å². The third-order valence-electron chi connectivity index (χ3n) is 4.47. The van der Waals surface area contributed by atoms with Crippen LogP contribution in [0, 0.1) is 13.8 Å². The van der Waals surface area contributed by atoms with Crippen LogP contribution in [0.2, 0.25) is 0 Å². The lowest BCUT2D eigenvalue weighted by molar-refractivity contribution is -0.136. The van der Waals surface area contributed by atoms with Crippen LogP contribution in [0.15, 0.2) is 4.79 Å². The smallest absolute Gasteiger partial charge is 0.348 e. The van der Waals surface area contributed by atoms with Gasteiger partial charge in [-0.15, -0.1) is 0 Å². The maximum absolute atomic E-state index is 12.3. The molecule has 5 nitrogen and oxygen atoms in total. The Morgan fingerprint density at radius 3 is 2.50 bits per heavy atom. The summed E-state index contributed by atoms with van der Waals surface area (Å²) in [4.78, 5) is 27.2. The molecule has 20 heavy (non-hydrogen) atoms. The lowest BCUT2D eigenvalue weighted by Crippen LogP contribution is -2.40. The van der Waals surface area contributed by atoms with E-state index in [2.05, 4.69) is 11.9 Å². The zero-order chi connectivity index (χ0) is 14.9. The van der Waals surface area contributed by atoms with Crippen LogP contribution >= 0.6 is 0 Å². The van der Waals surface area contributed by atoms with Gasteiger partial charge in [-0.1, -0.05) is 12.8 Å². The first-order chi connectivity index (χ1) is 9.35. The van der Waals surface area contributed by atoms with Crippen LogP contribution in [0.5, 0.6) is 0 Å². The van der Waals surface area contributed by atoms with Crippen LogP contribution in [0.4, 0.5) is 0 Å². The second-order valence-electron chi connectivity index (χ2n) is 5.98. The molecule has 0 spiro atoms. The van der Waals surface area contributed by atoms with E-state index in [0.29, 0.717) is 12.1 Å². The second kappa shape index (κ2) is 5.38. The highest BCUT2D eigenvalue weighted by atomic mass is 16.4. The zero-order valence-corrected chi connectivity index (χ0v) is 12.4. The van der Waals surface area contributed by atoms with E-state index >= 15 is 0 Å². The van der Waals surface area contributed by atoms with Crippen molar-refractivity contribution in [3.05, 3.63) is 27.4 Å². The van der Waals surface area contributed by atoms with Crippen molar-refractivity contribution in [3.8, 4) is 0 Å². The second-order valence-corrected chi connectivity index (χ2v) is 5.98. The minimum atomic E-state index is -0.825. The molecule has 5 heteroatoms. The molecule has 1 N–H and O–H groups in total. The number of carboxylic acid groups (broad SMARTS) is 1. The van der Waals surface area contributed by atoms with Crippen molar-refractivity contribution in [1.29, 1.82) is 0 Å². The Labute approximate surface area is 118 Å². The molecule has 1 aromatic heterocycles. The van der Waals surface area contributed by atoms with E-state index in [0.717, 1.165) is 36.9 Å². The van der Waals surface area contributed by atoms with Gasteiger partial charge >= 0.3 is 11.7 Å². The third-order valence-corrected chi connectivity index (χ3v) is 4.47. The Kier molecular flexibility index (Phi) is 3.97. The molecule has 0 bridgehead atoms. The molecule has 110 valence electrons. The van der Waals surface area contributed by atoms with Gasteiger partial charge in [0.2, 0.25) is 0 Å². The molecule has 1 heterocycles. The fraction of sp³-hybridized carbons (Fsp3) is 0.667. The number of hydrogen-bond donors (Lipinski definition) is 1. The SMILES string of the molecule is Cc1nc(=O)n(C2(C)CCCC2)c(C)c1CCC(=O)O. The first kappa shape index (κ1) is 14.8. The van der Waals surface area contributed by atoms with E-state index in [1.807, 2.05) is 6.92 Å². The number of carboxylic acids is 1. The molecule has 1 saturated carbocycles. The summed E-state index contributed by atoms with van der Waals surface area (Å²) in [5.41, 5.74) is 2.07. The summed E-state index contributed by atoms with van der Waals surface area (Å²) in [5, 5.41) is 8.85. The Balaban J connectivity index is 2.49. The van der Waals surface area contributed by atoms with Crippen molar-refractivity contribution in [3.63, 3.8) is 0 Å². The normalized spacial score (nSPS) is 17.4.